The Morgan fingerprint density at radius 2 is 2.17 bits per heavy atom. The second-order valence-electron chi connectivity index (χ2n) is 6.04. The summed E-state index contributed by atoms with van der Waals surface area (Å²) in [5.74, 6) is -0.340. The Kier molecular flexibility index (Phi) is 5.96. The molecule has 0 spiro atoms. The summed E-state index contributed by atoms with van der Waals surface area (Å²) in [7, 11) is 0. The van der Waals surface area contributed by atoms with Crippen LogP contribution < -0.4 is 11.1 Å². The number of carbonyl (C=O) groups excluding carboxylic acids is 1. The van der Waals surface area contributed by atoms with E-state index in [1.165, 1.54) is 6.07 Å². The van der Waals surface area contributed by atoms with Crippen LogP contribution in [0.3, 0.4) is 0 Å². The maximum atomic E-state index is 14.1. The zero-order valence-electron chi connectivity index (χ0n) is 13.6. The van der Waals surface area contributed by atoms with Gasteiger partial charge in [0.25, 0.3) is 5.91 Å². The van der Waals surface area contributed by atoms with Gasteiger partial charge >= 0.3 is 0 Å². The lowest BCUT2D eigenvalue weighted by atomic mass is 10.1. The average Bonchev–Trinajstić information content (AvgIpc) is 3.15. The molecule has 24 heavy (non-hydrogen) atoms. The van der Waals surface area contributed by atoms with Crippen LogP contribution in [0.25, 0.3) is 5.69 Å². The maximum absolute atomic E-state index is 14.1. The highest BCUT2D eigenvalue weighted by molar-refractivity contribution is 5.94. The summed E-state index contributed by atoms with van der Waals surface area (Å²) >= 11 is 0. The number of amides is 1. The van der Waals surface area contributed by atoms with E-state index < -0.39 is 0 Å². The van der Waals surface area contributed by atoms with E-state index in [4.69, 9.17) is 5.73 Å². The van der Waals surface area contributed by atoms with Gasteiger partial charge in [-0.05, 0) is 43.9 Å². The molecule has 0 saturated heterocycles. The lowest BCUT2D eigenvalue weighted by Crippen LogP contribution is -2.32. The molecule has 1 aliphatic rings. The Labute approximate surface area is 146 Å². The highest BCUT2D eigenvalue weighted by Crippen LogP contribution is 2.28. The van der Waals surface area contributed by atoms with Gasteiger partial charge in [-0.3, -0.25) is 4.79 Å². The van der Waals surface area contributed by atoms with E-state index in [1.807, 2.05) is 6.92 Å². The molecule has 1 aromatic heterocycles. The molecule has 0 aliphatic heterocycles. The number of rotatable bonds is 5. The van der Waals surface area contributed by atoms with Gasteiger partial charge in [0, 0.05) is 17.8 Å². The Morgan fingerprint density at radius 1 is 1.42 bits per heavy atom. The minimum Gasteiger partial charge on any atom is -0.350 e. The van der Waals surface area contributed by atoms with Gasteiger partial charge in [-0.25, -0.2) is 9.07 Å². The summed E-state index contributed by atoms with van der Waals surface area (Å²) < 4.78 is 15.7. The topological polar surface area (TPSA) is 72.9 Å². The number of hydrogen-bond acceptors (Lipinski definition) is 3. The number of fused-ring (bicyclic) bond motifs is 1. The molecule has 1 aromatic carbocycles. The van der Waals surface area contributed by atoms with Gasteiger partial charge in [0.15, 0.2) is 5.69 Å². The van der Waals surface area contributed by atoms with Crippen LogP contribution in [0.5, 0.6) is 0 Å². The van der Waals surface area contributed by atoms with Crippen molar-refractivity contribution in [2.75, 3.05) is 13.1 Å². The number of benzene rings is 1. The van der Waals surface area contributed by atoms with Gasteiger partial charge < -0.3 is 11.1 Å². The Morgan fingerprint density at radius 3 is 2.88 bits per heavy atom. The number of nitrogens with two attached hydrogens (primary N) is 1. The van der Waals surface area contributed by atoms with Gasteiger partial charge in [0.1, 0.15) is 11.5 Å². The van der Waals surface area contributed by atoms with E-state index in [1.54, 1.807) is 22.9 Å². The lowest BCUT2D eigenvalue weighted by Gasteiger charge is -2.09. The molecule has 1 unspecified atom stereocenters. The quantitative estimate of drug-likeness (QED) is 0.866. The Bertz CT molecular complexity index is 731. The fourth-order valence-corrected chi connectivity index (χ4v) is 2.88. The smallest absolute Gasteiger partial charge is 0.272 e. The molecule has 2 aromatic rings. The fraction of sp³-hybridized carbons (Fsp3) is 0.412. The van der Waals surface area contributed by atoms with Crippen LogP contribution in [0.15, 0.2) is 24.3 Å². The molecule has 1 aliphatic carbocycles. The van der Waals surface area contributed by atoms with Gasteiger partial charge in [0.05, 0.1) is 0 Å². The summed E-state index contributed by atoms with van der Waals surface area (Å²) in [6.07, 6.45) is 2.57. The van der Waals surface area contributed by atoms with Crippen LogP contribution in [-0.4, -0.2) is 28.8 Å². The number of halogens is 2. The number of aromatic nitrogens is 2. The minimum absolute atomic E-state index is 0. The minimum atomic E-state index is -0.339. The van der Waals surface area contributed by atoms with Crippen molar-refractivity contribution in [2.24, 2.45) is 11.7 Å². The summed E-state index contributed by atoms with van der Waals surface area (Å²) in [5.41, 5.74) is 8.24. The first-order valence-corrected chi connectivity index (χ1v) is 7.95. The molecular formula is C17H22ClFN4O. The Hall–Kier alpha value is -1.92. The summed E-state index contributed by atoms with van der Waals surface area (Å²) in [4.78, 5) is 12.4. The predicted octanol–water partition coefficient (Wildman–Crippen LogP) is 2.25. The van der Waals surface area contributed by atoms with E-state index in [0.29, 0.717) is 24.5 Å². The molecule has 0 saturated carbocycles. The van der Waals surface area contributed by atoms with Crippen molar-refractivity contribution in [3.8, 4) is 5.69 Å². The van der Waals surface area contributed by atoms with Crippen molar-refractivity contribution in [1.82, 2.24) is 15.1 Å². The van der Waals surface area contributed by atoms with Gasteiger partial charge in [-0.1, -0.05) is 19.1 Å². The number of nitrogens with zero attached hydrogens (tertiary/aromatic N) is 2. The van der Waals surface area contributed by atoms with E-state index >= 15 is 0 Å². The normalized spacial score (nSPS) is 14.0. The molecule has 130 valence electrons. The van der Waals surface area contributed by atoms with Crippen LogP contribution >= 0.6 is 12.4 Å². The zero-order valence-corrected chi connectivity index (χ0v) is 14.4. The summed E-state index contributed by atoms with van der Waals surface area (Å²) in [6, 6.07) is 6.49. The fourth-order valence-electron chi connectivity index (χ4n) is 2.88. The number of hydrogen-bond donors (Lipinski definition) is 2. The van der Waals surface area contributed by atoms with E-state index in [2.05, 4.69) is 10.4 Å². The second-order valence-corrected chi connectivity index (χ2v) is 6.04. The Balaban J connectivity index is 0.00000208. The third-order valence-corrected chi connectivity index (χ3v) is 4.24. The molecule has 1 atom stereocenters. The molecule has 5 nitrogen and oxygen atoms in total. The van der Waals surface area contributed by atoms with Crippen LogP contribution in [0.1, 0.15) is 35.1 Å². The molecule has 0 bridgehead atoms. The molecule has 3 N–H and O–H groups in total. The molecule has 3 rings (SSSR count). The van der Waals surface area contributed by atoms with E-state index in [9.17, 15) is 9.18 Å². The molecule has 0 fully saturated rings. The number of nitrogens with one attached hydrogen (secondary N) is 1. The summed E-state index contributed by atoms with van der Waals surface area (Å²) in [5, 5.41) is 7.27. The number of carbonyl (C=O) groups is 1. The van der Waals surface area contributed by atoms with Crippen LogP contribution in [-0.2, 0) is 12.8 Å². The molecule has 1 amide bonds. The third-order valence-electron chi connectivity index (χ3n) is 4.24. The first-order valence-electron chi connectivity index (χ1n) is 7.95. The third kappa shape index (κ3) is 3.44. The highest BCUT2D eigenvalue weighted by atomic mass is 35.5. The van der Waals surface area contributed by atoms with E-state index in [-0.39, 0.29) is 30.0 Å². The standard InChI is InChI=1S/C17H21FN4O.ClH/c1-11(9-19)10-20-17(23)16-12-5-4-8-14(12)22(21-16)15-7-3-2-6-13(15)18;/h2-3,6-7,11H,4-5,8-10,19H2,1H3,(H,20,23);1H. The van der Waals surface area contributed by atoms with Crippen molar-refractivity contribution < 1.29 is 9.18 Å². The first-order chi connectivity index (χ1) is 11.1. The van der Waals surface area contributed by atoms with Crippen molar-refractivity contribution in [3.05, 3.63) is 47.0 Å². The second kappa shape index (κ2) is 7.77. The summed E-state index contributed by atoms with van der Waals surface area (Å²) in [6.45, 7) is 3.00. The molecule has 1 heterocycles. The van der Waals surface area contributed by atoms with Crippen LogP contribution in [0, 0.1) is 11.7 Å². The maximum Gasteiger partial charge on any atom is 0.272 e. The molecular weight excluding hydrogens is 331 g/mol. The van der Waals surface area contributed by atoms with E-state index in [0.717, 1.165) is 30.5 Å². The van der Waals surface area contributed by atoms with Gasteiger partial charge in [-0.2, -0.15) is 5.10 Å². The van der Waals surface area contributed by atoms with Crippen molar-refractivity contribution >= 4 is 18.3 Å². The molecule has 7 heteroatoms. The van der Waals surface area contributed by atoms with Gasteiger partial charge in [0.2, 0.25) is 0 Å². The highest BCUT2D eigenvalue weighted by Gasteiger charge is 2.27. The van der Waals surface area contributed by atoms with Crippen molar-refractivity contribution in [1.29, 1.82) is 0 Å². The van der Waals surface area contributed by atoms with Crippen LogP contribution in [0.2, 0.25) is 0 Å². The first kappa shape index (κ1) is 18.4. The van der Waals surface area contributed by atoms with Crippen LogP contribution in [0.4, 0.5) is 4.39 Å². The lowest BCUT2D eigenvalue weighted by molar-refractivity contribution is 0.0942. The largest absolute Gasteiger partial charge is 0.350 e. The number of para-hydroxylation sites is 1. The average molecular weight is 353 g/mol. The van der Waals surface area contributed by atoms with Crippen molar-refractivity contribution in [2.45, 2.75) is 26.2 Å². The zero-order chi connectivity index (χ0) is 16.4. The SMILES string of the molecule is CC(CN)CNC(=O)c1nn(-c2ccccc2F)c2c1CCC2.Cl. The predicted molar refractivity (Wildman–Crippen MR) is 93.3 cm³/mol. The monoisotopic (exact) mass is 352 g/mol. The molecule has 0 radical (unpaired) electrons. The van der Waals surface area contributed by atoms with Crippen molar-refractivity contribution in [3.63, 3.8) is 0 Å². The van der Waals surface area contributed by atoms with Gasteiger partial charge in [-0.15, -0.1) is 12.4 Å².